The molecule has 0 atom stereocenters. The highest BCUT2D eigenvalue weighted by molar-refractivity contribution is 5.39. The molecule has 0 radical (unpaired) electrons. The fourth-order valence-corrected chi connectivity index (χ4v) is 2.12. The van der Waals surface area contributed by atoms with Crippen molar-refractivity contribution in [1.82, 2.24) is 4.90 Å². The summed E-state index contributed by atoms with van der Waals surface area (Å²) in [6.45, 7) is 5.18. The third kappa shape index (κ3) is 5.22. The summed E-state index contributed by atoms with van der Waals surface area (Å²) in [4.78, 5) is 2.36. The number of hydrogen-bond acceptors (Lipinski definition) is 4. The molecule has 0 saturated carbocycles. The van der Waals surface area contributed by atoms with Crippen LogP contribution in [-0.4, -0.2) is 56.1 Å². The fourth-order valence-electron chi connectivity index (χ4n) is 2.12. The summed E-state index contributed by atoms with van der Waals surface area (Å²) in [5.41, 5.74) is 0.861. The standard InChI is InChI=1S/C16H21NO3/c18-10-2-5-15-4-1-6-16(14-15)20-13-9-17-7-3-11-19-12-8-17/h1,4,6,14,18H,3,7-13H2. The minimum Gasteiger partial charge on any atom is -0.492 e. The van der Waals surface area contributed by atoms with Crippen LogP contribution < -0.4 is 4.74 Å². The largest absolute Gasteiger partial charge is 0.492 e. The molecule has 20 heavy (non-hydrogen) atoms. The Bertz CT molecular complexity index is 456. The lowest BCUT2D eigenvalue weighted by Gasteiger charge is -2.19. The molecule has 108 valence electrons. The van der Waals surface area contributed by atoms with Crippen molar-refractivity contribution in [3.63, 3.8) is 0 Å². The van der Waals surface area contributed by atoms with Gasteiger partial charge in [0, 0.05) is 31.8 Å². The number of aliphatic hydroxyl groups excluding tert-OH is 1. The first-order valence-corrected chi connectivity index (χ1v) is 7.01. The van der Waals surface area contributed by atoms with Gasteiger partial charge in [-0.05, 0) is 24.6 Å². The van der Waals surface area contributed by atoms with Crippen molar-refractivity contribution in [3.8, 4) is 17.6 Å². The van der Waals surface area contributed by atoms with Gasteiger partial charge in [0.2, 0.25) is 0 Å². The van der Waals surface area contributed by atoms with Crippen molar-refractivity contribution in [3.05, 3.63) is 29.8 Å². The number of ether oxygens (including phenoxy) is 2. The van der Waals surface area contributed by atoms with Crippen LogP contribution in [0.2, 0.25) is 0 Å². The molecule has 1 heterocycles. The maximum absolute atomic E-state index is 8.68. The molecule has 1 aromatic carbocycles. The van der Waals surface area contributed by atoms with Gasteiger partial charge in [0.1, 0.15) is 19.0 Å². The van der Waals surface area contributed by atoms with Crippen molar-refractivity contribution < 1.29 is 14.6 Å². The van der Waals surface area contributed by atoms with Gasteiger partial charge in [-0.25, -0.2) is 0 Å². The van der Waals surface area contributed by atoms with Crippen LogP contribution in [0.4, 0.5) is 0 Å². The van der Waals surface area contributed by atoms with Crippen LogP contribution in [-0.2, 0) is 4.74 Å². The predicted octanol–water partition coefficient (Wildman–Crippen LogP) is 1.13. The van der Waals surface area contributed by atoms with Gasteiger partial charge in [-0.3, -0.25) is 4.90 Å². The van der Waals surface area contributed by atoms with Gasteiger partial charge in [0.25, 0.3) is 0 Å². The van der Waals surface area contributed by atoms with Gasteiger partial charge in [-0.2, -0.15) is 0 Å². The fraction of sp³-hybridized carbons (Fsp3) is 0.500. The van der Waals surface area contributed by atoms with Gasteiger partial charge in [0.15, 0.2) is 0 Å². The monoisotopic (exact) mass is 275 g/mol. The number of rotatable bonds is 4. The maximum Gasteiger partial charge on any atom is 0.120 e. The molecule has 1 aromatic rings. The molecule has 0 spiro atoms. The number of hydrogen-bond donors (Lipinski definition) is 1. The summed E-state index contributed by atoms with van der Waals surface area (Å²) in [7, 11) is 0. The summed E-state index contributed by atoms with van der Waals surface area (Å²) in [5.74, 6) is 6.33. The Morgan fingerprint density at radius 1 is 1.30 bits per heavy atom. The second-order valence-electron chi connectivity index (χ2n) is 4.64. The Morgan fingerprint density at radius 3 is 3.15 bits per heavy atom. The Labute approximate surface area is 120 Å². The molecule has 0 aliphatic carbocycles. The molecule has 4 heteroatoms. The first-order valence-electron chi connectivity index (χ1n) is 7.01. The topological polar surface area (TPSA) is 41.9 Å². The lowest BCUT2D eigenvalue weighted by molar-refractivity contribution is 0.137. The Morgan fingerprint density at radius 2 is 2.25 bits per heavy atom. The molecular formula is C16H21NO3. The van der Waals surface area contributed by atoms with Gasteiger partial charge < -0.3 is 14.6 Å². The first kappa shape index (κ1) is 14.9. The van der Waals surface area contributed by atoms with E-state index in [1.165, 1.54) is 0 Å². The summed E-state index contributed by atoms with van der Waals surface area (Å²) in [6, 6.07) is 7.64. The van der Waals surface area contributed by atoms with E-state index < -0.39 is 0 Å². The Hall–Kier alpha value is -1.54. The van der Waals surface area contributed by atoms with E-state index in [9.17, 15) is 0 Å². The number of nitrogens with zero attached hydrogens (tertiary/aromatic N) is 1. The number of benzene rings is 1. The molecule has 0 bridgehead atoms. The zero-order valence-electron chi connectivity index (χ0n) is 11.7. The molecule has 0 aromatic heterocycles. The average molecular weight is 275 g/mol. The van der Waals surface area contributed by atoms with E-state index >= 15 is 0 Å². The quantitative estimate of drug-likeness (QED) is 0.837. The van der Waals surface area contributed by atoms with Crippen LogP contribution in [0.25, 0.3) is 0 Å². The maximum atomic E-state index is 8.68. The summed E-state index contributed by atoms with van der Waals surface area (Å²) >= 11 is 0. The van der Waals surface area contributed by atoms with Crippen molar-refractivity contribution in [2.75, 3.05) is 46.1 Å². The van der Waals surface area contributed by atoms with Crippen LogP contribution in [0.5, 0.6) is 5.75 Å². The lowest BCUT2D eigenvalue weighted by Crippen LogP contribution is -2.30. The zero-order valence-corrected chi connectivity index (χ0v) is 11.7. The third-order valence-electron chi connectivity index (χ3n) is 3.14. The summed E-state index contributed by atoms with van der Waals surface area (Å²) in [6.07, 6.45) is 1.09. The van der Waals surface area contributed by atoms with Crippen LogP contribution in [0.1, 0.15) is 12.0 Å². The summed E-state index contributed by atoms with van der Waals surface area (Å²) in [5, 5.41) is 8.68. The highest BCUT2D eigenvalue weighted by Gasteiger charge is 2.08. The third-order valence-corrected chi connectivity index (χ3v) is 3.14. The average Bonchev–Trinajstić information content (AvgIpc) is 2.74. The SMILES string of the molecule is OCC#Cc1cccc(OCCN2CCCOCC2)c1. The van der Waals surface area contributed by atoms with Gasteiger partial charge >= 0.3 is 0 Å². The molecule has 2 rings (SSSR count). The molecule has 1 aliphatic rings. The van der Waals surface area contributed by atoms with Gasteiger partial charge in [0.05, 0.1) is 6.61 Å². The normalized spacial score (nSPS) is 16.1. The molecule has 0 amide bonds. The summed E-state index contributed by atoms with van der Waals surface area (Å²) < 4.78 is 11.2. The van der Waals surface area contributed by atoms with E-state index in [-0.39, 0.29) is 6.61 Å². The van der Waals surface area contributed by atoms with E-state index in [0.29, 0.717) is 6.61 Å². The highest BCUT2D eigenvalue weighted by atomic mass is 16.5. The van der Waals surface area contributed by atoms with Crippen molar-refractivity contribution in [2.24, 2.45) is 0 Å². The first-order chi connectivity index (χ1) is 9.88. The molecule has 0 unspecified atom stereocenters. The van der Waals surface area contributed by atoms with E-state index in [1.807, 2.05) is 24.3 Å². The smallest absolute Gasteiger partial charge is 0.120 e. The molecule has 4 nitrogen and oxygen atoms in total. The van der Waals surface area contributed by atoms with Crippen LogP contribution >= 0.6 is 0 Å². The molecular weight excluding hydrogens is 254 g/mol. The highest BCUT2D eigenvalue weighted by Crippen LogP contribution is 2.12. The molecule has 1 saturated heterocycles. The van der Waals surface area contributed by atoms with Gasteiger partial charge in [-0.15, -0.1) is 0 Å². The van der Waals surface area contributed by atoms with Crippen LogP contribution in [0.3, 0.4) is 0 Å². The van der Waals surface area contributed by atoms with Crippen LogP contribution in [0.15, 0.2) is 24.3 Å². The minimum atomic E-state index is -0.123. The second-order valence-corrected chi connectivity index (χ2v) is 4.64. The van der Waals surface area contributed by atoms with E-state index in [1.54, 1.807) is 0 Å². The van der Waals surface area contributed by atoms with Crippen molar-refractivity contribution in [1.29, 1.82) is 0 Å². The van der Waals surface area contributed by atoms with E-state index in [2.05, 4.69) is 16.7 Å². The zero-order chi connectivity index (χ0) is 14.0. The van der Waals surface area contributed by atoms with E-state index in [4.69, 9.17) is 14.6 Å². The minimum absolute atomic E-state index is 0.123. The van der Waals surface area contributed by atoms with Crippen molar-refractivity contribution >= 4 is 0 Å². The van der Waals surface area contributed by atoms with Gasteiger partial charge in [-0.1, -0.05) is 17.9 Å². The second kappa shape index (κ2) is 8.60. The molecule has 1 fully saturated rings. The van der Waals surface area contributed by atoms with Crippen LogP contribution in [0, 0.1) is 11.8 Å². The molecule has 1 N–H and O–H groups in total. The van der Waals surface area contributed by atoms with E-state index in [0.717, 1.165) is 50.6 Å². The predicted molar refractivity (Wildman–Crippen MR) is 77.8 cm³/mol. The Balaban J connectivity index is 1.78. The Kier molecular flexibility index (Phi) is 6.39. The van der Waals surface area contributed by atoms with Crippen molar-refractivity contribution in [2.45, 2.75) is 6.42 Å². The number of aliphatic hydroxyl groups is 1. The lowest BCUT2D eigenvalue weighted by atomic mass is 10.2. The molecule has 1 aliphatic heterocycles.